The van der Waals surface area contributed by atoms with Crippen molar-refractivity contribution in [2.75, 3.05) is 20.8 Å². The van der Waals surface area contributed by atoms with Gasteiger partial charge in [-0.1, -0.05) is 19.9 Å². The highest BCUT2D eigenvalue weighted by Gasteiger charge is 2.08. The molecule has 0 aliphatic carbocycles. The maximum absolute atomic E-state index is 11.6. The van der Waals surface area contributed by atoms with Gasteiger partial charge in [0.1, 0.15) is 0 Å². The van der Waals surface area contributed by atoms with Crippen molar-refractivity contribution in [3.63, 3.8) is 0 Å². The SMILES string of the molecule is COc1ccc(CC(=O)NOCC(C)C)cc1OC. The van der Waals surface area contributed by atoms with Crippen molar-refractivity contribution in [2.24, 2.45) is 5.92 Å². The monoisotopic (exact) mass is 267 g/mol. The van der Waals surface area contributed by atoms with Gasteiger partial charge in [-0.15, -0.1) is 0 Å². The quantitative estimate of drug-likeness (QED) is 0.767. The molecule has 19 heavy (non-hydrogen) atoms. The second-order valence-electron chi connectivity index (χ2n) is 4.60. The van der Waals surface area contributed by atoms with Gasteiger partial charge in [0.05, 0.1) is 27.2 Å². The van der Waals surface area contributed by atoms with Crippen molar-refractivity contribution >= 4 is 5.91 Å². The topological polar surface area (TPSA) is 56.8 Å². The Bertz CT molecular complexity index is 418. The van der Waals surface area contributed by atoms with E-state index in [-0.39, 0.29) is 12.3 Å². The lowest BCUT2D eigenvalue weighted by atomic mass is 10.1. The summed E-state index contributed by atoms with van der Waals surface area (Å²) in [5.41, 5.74) is 3.25. The second kappa shape index (κ2) is 7.63. The number of hydrogen-bond donors (Lipinski definition) is 1. The minimum Gasteiger partial charge on any atom is -0.493 e. The summed E-state index contributed by atoms with van der Waals surface area (Å²) in [7, 11) is 3.14. The maximum atomic E-state index is 11.6. The highest BCUT2D eigenvalue weighted by atomic mass is 16.6. The van der Waals surface area contributed by atoms with Crippen LogP contribution in [0.5, 0.6) is 11.5 Å². The van der Waals surface area contributed by atoms with Gasteiger partial charge < -0.3 is 9.47 Å². The second-order valence-corrected chi connectivity index (χ2v) is 4.60. The van der Waals surface area contributed by atoms with Gasteiger partial charge in [-0.2, -0.15) is 0 Å². The summed E-state index contributed by atoms with van der Waals surface area (Å²) >= 11 is 0. The standard InChI is InChI=1S/C14H21NO4/c1-10(2)9-19-15-14(16)8-11-5-6-12(17-3)13(7-11)18-4/h5-7,10H,8-9H2,1-4H3,(H,15,16). The Morgan fingerprint density at radius 1 is 1.21 bits per heavy atom. The number of carbonyl (C=O) groups is 1. The number of methoxy groups -OCH3 is 2. The number of carbonyl (C=O) groups excluding carboxylic acids is 1. The van der Waals surface area contributed by atoms with Crippen molar-refractivity contribution in [1.29, 1.82) is 0 Å². The number of amides is 1. The third-order valence-corrected chi connectivity index (χ3v) is 2.42. The Morgan fingerprint density at radius 2 is 1.89 bits per heavy atom. The number of hydrogen-bond acceptors (Lipinski definition) is 4. The van der Waals surface area contributed by atoms with Crippen LogP contribution in [0, 0.1) is 5.92 Å². The first-order valence-electron chi connectivity index (χ1n) is 6.18. The largest absolute Gasteiger partial charge is 0.493 e. The van der Waals surface area contributed by atoms with Crippen LogP contribution in [0.3, 0.4) is 0 Å². The lowest BCUT2D eigenvalue weighted by Crippen LogP contribution is -2.27. The molecule has 1 N–H and O–H groups in total. The Balaban J connectivity index is 2.54. The molecule has 1 rings (SSSR count). The van der Waals surface area contributed by atoms with E-state index in [2.05, 4.69) is 5.48 Å². The van der Waals surface area contributed by atoms with Crippen LogP contribution in [0.25, 0.3) is 0 Å². The number of nitrogens with one attached hydrogen (secondary N) is 1. The van der Waals surface area contributed by atoms with Crippen LogP contribution in [0.4, 0.5) is 0 Å². The molecule has 0 aliphatic rings. The van der Waals surface area contributed by atoms with Crippen LogP contribution >= 0.6 is 0 Å². The smallest absolute Gasteiger partial charge is 0.247 e. The van der Waals surface area contributed by atoms with Gasteiger partial charge in [-0.3, -0.25) is 9.63 Å². The Hall–Kier alpha value is -1.75. The van der Waals surface area contributed by atoms with Crippen LogP contribution in [-0.4, -0.2) is 26.7 Å². The lowest BCUT2D eigenvalue weighted by Gasteiger charge is -2.10. The number of rotatable bonds is 7. The molecule has 5 heteroatoms. The molecule has 5 nitrogen and oxygen atoms in total. The van der Waals surface area contributed by atoms with E-state index in [9.17, 15) is 4.79 Å². The fourth-order valence-corrected chi connectivity index (χ4v) is 1.50. The van der Waals surface area contributed by atoms with E-state index < -0.39 is 0 Å². The van der Waals surface area contributed by atoms with Gasteiger partial charge in [-0.25, -0.2) is 5.48 Å². The summed E-state index contributed by atoms with van der Waals surface area (Å²) in [6.07, 6.45) is 0.235. The predicted octanol–water partition coefficient (Wildman–Crippen LogP) is 1.95. The molecule has 0 saturated heterocycles. The van der Waals surface area contributed by atoms with Gasteiger partial charge in [0.25, 0.3) is 0 Å². The molecule has 0 heterocycles. The van der Waals surface area contributed by atoms with Crippen molar-refractivity contribution in [1.82, 2.24) is 5.48 Å². The number of benzene rings is 1. The molecule has 0 fully saturated rings. The molecule has 0 bridgehead atoms. The molecule has 0 aliphatic heterocycles. The molecule has 0 spiro atoms. The summed E-state index contributed by atoms with van der Waals surface area (Å²) in [4.78, 5) is 16.7. The first-order valence-corrected chi connectivity index (χ1v) is 6.18. The summed E-state index contributed by atoms with van der Waals surface area (Å²) < 4.78 is 10.3. The third-order valence-electron chi connectivity index (χ3n) is 2.42. The molecule has 0 atom stereocenters. The molecular weight excluding hydrogens is 246 g/mol. The van der Waals surface area contributed by atoms with Crippen molar-refractivity contribution in [2.45, 2.75) is 20.3 Å². The van der Waals surface area contributed by atoms with Crippen molar-refractivity contribution in [3.05, 3.63) is 23.8 Å². The molecule has 1 amide bonds. The molecule has 0 radical (unpaired) electrons. The van der Waals surface area contributed by atoms with E-state index >= 15 is 0 Å². The minimum absolute atomic E-state index is 0.187. The van der Waals surface area contributed by atoms with Gasteiger partial charge in [0, 0.05) is 0 Å². The zero-order valence-corrected chi connectivity index (χ0v) is 11.9. The molecule has 0 saturated carbocycles. The molecule has 1 aromatic carbocycles. The predicted molar refractivity (Wildman–Crippen MR) is 72.2 cm³/mol. The van der Waals surface area contributed by atoms with E-state index in [0.29, 0.717) is 24.0 Å². The zero-order valence-electron chi connectivity index (χ0n) is 11.9. The number of ether oxygens (including phenoxy) is 2. The summed E-state index contributed by atoms with van der Waals surface area (Å²) in [6.45, 7) is 4.53. The third kappa shape index (κ3) is 5.18. The normalized spacial score (nSPS) is 10.4. The van der Waals surface area contributed by atoms with Crippen LogP contribution < -0.4 is 15.0 Å². The van der Waals surface area contributed by atoms with E-state index in [0.717, 1.165) is 5.56 Å². The average Bonchev–Trinajstić information content (AvgIpc) is 2.38. The summed E-state index contributed by atoms with van der Waals surface area (Å²) in [5, 5.41) is 0. The summed E-state index contributed by atoms with van der Waals surface area (Å²) in [6, 6.07) is 5.38. The first-order chi connectivity index (χ1) is 9.06. The van der Waals surface area contributed by atoms with Crippen molar-refractivity contribution in [3.8, 4) is 11.5 Å². The fraction of sp³-hybridized carbons (Fsp3) is 0.500. The maximum Gasteiger partial charge on any atom is 0.247 e. The van der Waals surface area contributed by atoms with Crippen molar-refractivity contribution < 1.29 is 19.1 Å². The van der Waals surface area contributed by atoms with Crippen LogP contribution in [0.15, 0.2) is 18.2 Å². The van der Waals surface area contributed by atoms with E-state index in [1.165, 1.54) is 0 Å². The zero-order chi connectivity index (χ0) is 14.3. The highest BCUT2D eigenvalue weighted by molar-refractivity contribution is 5.77. The molecular formula is C14H21NO4. The molecule has 0 aromatic heterocycles. The van der Waals surface area contributed by atoms with Crippen LogP contribution in [0.2, 0.25) is 0 Å². The summed E-state index contributed by atoms with van der Waals surface area (Å²) in [5.74, 6) is 1.44. The van der Waals surface area contributed by atoms with E-state index in [1.807, 2.05) is 19.9 Å². The Kier molecular flexibility index (Phi) is 6.15. The Labute approximate surface area is 113 Å². The van der Waals surface area contributed by atoms with Gasteiger partial charge in [-0.05, 0) is 23.6 Å². The van der Waals surface area contributed by atoms with Crippen LogP contribution in [0.1, 0.15) is 19.4 Å². The number of hydroxylamine groups is 1. The fourth-order valence-electron chi connectivity index (χ4n) is 1.50. The molecule has 106 valence electrons. The van der Waals surface area contributed by atoms with E-state index in [4.69, 9.17) is 14.3 Å². The minimum atomic E-state index is -0.187. The van der Waals surface area contributed by atoms with Gasteiger partial charge >= 0.3 is 0 Å². The molecule has 0 unspecified atom stereocenters. The lowest BCUT2D eigenvalue weighted by molar-refractivity contribution is -0.133. The Morgan fingerprint density at radius 3 is 2.47 bits per heavy atom. The van der Waals surface area contributed by atoms with Gasteiger partial charge in [0.2, 0.25) is 5.91 Å². The van der Waals surface area contributed by atoms with Gasteiger partial charge in [0.15, 0.2) is 11.5 Å². The molecule has 1 aromatic rings. The van der Waals surface area contributed by atoms with Crippen LogP contribution in [-0.2, 0) is 16.1 Å². The average molecular weight is 267 g/mol. The first kappa shape index (κ1) is 15.3. The highest BCUT2D eigenvalue weighted by Crippen LogP contribution is 2.27. The van der Waals surface area contributed by atoms with E-state index in [1.54, 1.807) is 26.4 Å².